The summed E-state index contributed by atoms with van der Waals surface area (Å²) in [4.78, 5) is 0.950. The van der Waals surface area contributed by atoms with Gasteiger partial charge >= 0.3 is 0 Å². The Balaban J connectivity index is 2.79. The van der Waals surface area contributed by atoms with Crippen molar-refractivity contribution in [2.45, 2.75) is 13.5 Å². The van der Waals surface area contributed by atoms with Crippen molar-refractivity contribution in [2.24, 2.45) is 0 Å². The zero-order valence-electron chi connectivity index (χ0n) is 8.11. The van der Waals surface area contributed by atoms with Gasteiger partial charge in [-0.25, -0.2) is 8.42 Å². The van der Waals surface area contributed by atoms with Gasteiger partial charge in [0.1, 0.15) is 4.66 Å². The molecule has 0 fully saturated rings. The first-order chi connectivity index (χ1) is 6.99. The molecule has 0 aliphatic heterocycles. The maximum absolute atomic E-state index is 11.6. The van der Waals surface area contributed by atoms with Gasteiger partial charge in [0.25, 0.3) is 0 Å². The molecule has 15 heavy (non-hydrogen) atoms. The Hall–Kier alpha value is 0.380. The first-order valence-corrected chi connectivity index (χ1v) is 8.20. The molecule has 0 atom stereocenters. The molecule has 0 aliphatic carbocycles. The van der Waals surface area contributed by atoms with Crippen LogP contribution in [0.15, 0.2) is 12.1 Å². The van der Waals surface area contributed by atoms with Crippen LogP contribution in [0.4, 0.5) is 0 Å². The first kappa shape index (κ1) is 13.4. The highest BCUT2D eigenvalue weighted by atomic mass is 79.9. The highest BCUT2D eigenvalue weighted by Gasteiger charge is 2.19. The van der Waals surface area contributed by atoms with Crippen LogP contribution in [0.2, 0.25) is 4.34 Å². The van der Waals surface area contributed by atoms with E-state index in [1.807, 2.05) is 13.0 Å². The molecule has 0 bridgehead atoms. The van der Waals surface area contributed by atoms with E-state index in [0.717, 1.165) is 4.88 Å². The Morgan fingerprint density at radius 1 is 1.53 bits per heavy atom. The molecule has 1 heterocycles. The first-order valence-electron chi connectivity index (χ1n) is 4.27. The molecule has 1 aromatic heterocycles. The lowest BCUT2D eigenvalue weighted by atomic mass is 10.4. The van der Waals surface area contributed by atoms with Gasteiger partial charge in [0, 0.05) is 18.0 Å². The van der Waals surface area contributed by atoms with Crippen molar-refractivity contribution in [2.75, 3.05) is 11.2 Å². The second kappa shape index (κ2) is 5.63. The number of thiophene rings is 1. The number of nitrogens with zero attached hydrogens (tertiary/aromatic N) is 1. The highest BCUT2D eigenvalue weighted by molar-refractivity contribution is 9.10. The van der Waals surface area contributed by atoms with Crippen molar-refractivity contribution in [1.29, 1.82) is 0 Å². The summed E-state index contributed by atoms with van der Waals surface area (Å²) in [6.07, 6.45) is 0. The number of rotatable bonds is 5. The van der Waals surface area contributed by atoms with E-state index in [1.165, 1.54) is 15.6 Å². The molecule has 1 aromatic rings. The van der Waals surface area contributed by atoms with Gasteiger partial charge in [-0.15, -0.1) is 11.3 Å². The van der Waals surface area contributed by atoms with Crippen molar-refractivity contribution >= 4 is 48.9 Å². The van der Waals surface area contributed by atoms with Gasteiger partial charge in [0.05, 0.1) is 4.34 Å². The molecule has 0 saturated carbocycles. The molecular weight excluding hydrogens is 322 g/mol. The fourth-order valence-electron chi connectivity index (χ4n) is 1.09. The van der Waals surface area contributed by atoms with E-state index in [9.17, 15) is 8.42 Å². The Kier molecular flexibility index (Phi) is 5.05. The maximum atomic E-state index is 11.6. The summed E-state index contributed by atoms with van der Waals surface area (Å²) in [5, 5.41) is 0. The van der Waals surface area contributed by atoms with Crippen LogP contribution in [0.5, 0.6) is 0 Å². The van der Waals surface area contributed by atoms with E-state index in [0.29, 0.717) is 17.4 Å². The largest absolute Gasteiger partial charge is 0.224 e. The third kappa shape index (κ3) is 3.71. The number of hydrogen-bond acceptors (Lipinski definition) is 3. The van der Waals surface area contributed by atoms with Crippen LogP contribution in [0.3, 0.4) is 0 Å². The minimum absolute atomic E-state index is 0.0487. The zero-order chi connectivity index (χ0) is 11.5. The second-order valence-corrected chi connectivity index (χ2v) is 7.92. The van der Waals surface area contributed by atoms with Crippen LogP contribution in [0.25, 0.3) is 0 Å². The number of hydrogen-bond donors (Lipinski definition) is 0. The molecule has 0 spiro atoms. The molecule has 0 aliphatic rings. The molecule has 0 N–H and O–H groups in total. The maximum Gasteiger partial charge on any atom is 0.224 e. The Bertz CT molecular complexity index is 418. The molecule has 0 amide bonds. The van der Waals surface area contributed by atoms with Crippen LogP contribution >= 0.6 is 38.9 Å². The number of halogens is 2. The van der Waals surface area contributed by atoms with Gasteiger partial charge in [-0.05, 0) is 12.1 Å². The summed E-state index contributed by atoms with van der Waals surface area (Å²) in [5.41, 5.74) is 0. The van der Waals surface area contributed by atoms with Crippen molar-refractivity contribution in [3.8, 4) is 0 Å². The average molecular weight is 333 g/mol. The fourth-order valence-corrected chi connectivity index (χ4v) is 4.01. The minimum atomic E-state index is -3.19. The second-order valence-electron chi connectivity index (χ2n) is 2.85. The van der Waals surface area contributed by atoms with Crippen LogP contribution < -0.4 is 0 Å². The third-order valence-electron chi connectivity index (χ3n) is 1.85. The number of sulfonamides is 1. The molecule has 1 rings (SSSR count). The lowest BCUT2D eigenvalue weighted by Crippen LogP contribution is -2.30. The summed E-state index contributed by atoms with van der Waals surface area (Å²) in [6.45, 7) is 2.67. The van der Waals surface area contributed by atoms with E-state index in [4.69, 9.17) is 11.6 Å². The summed E-state index contributed by atoms with van der Waals surface area (Å²) >= 11 is 10.2. The molecule has 0 saturated heterocycles. The van der Waals surface area contributed by atoms with E-state index < -0.39 is 10.0 Å². The molecule has 0 aromatic carbocycles. The topological polar surface area (TPSA) is 37.4 Å². The lowest BCUT2D eigenvalue weighted by Gasteiger charge is -2.17. The molecule has 0 radical (unpaired) electrons. The average Bonchev–Trinajstić information content (AvgIpc) is 2.60. The van der Waals surface area contributed by atoms with Gasteiger partial charge in [-0.3, -0.25) is 0 Å². The van der Waals surface area contributed by atoms with E-state index in [1.54, 1.807) is 6.07 Å². The van der Waals surface area contributed by atoms with E-state index in [2.05, 4.69) is 15.9 Å². The lowest BCUT2D eigenvalue weighted by molar-refractivity contribution is 0.430. The SMILES string of the molecule is CCN(Cc1ccc(Cl)s1)S(=O)(=O)CBr. The zero-order valence-corrected chi connectivity index (χ0v) is 12.1. The molecule has 3 nitrogen and oxygen atoms in total. The van der Waals surface area contributed by atoms with Crippen molar-refractivity contribution in [1.82, 2.24) is 4.31 Å². The molecule has 7 heteroatoms. The molecule has 0 unspecified atom stereocenters. The Morgan fingerprint density at radius 2 is 2.20 bits per heavy atom. The summed E-state index contributed by atoms with van der Waals surface area (Å²) in [5.74, 6) is 0. The standard InChI is InChI=1S/C8H11BrClNO2S2/c1-2-11(15(12,13)6-9)5-7-3-4-8(10)14-7/h3-4H,2,5-6H2,1H3. The van der Waals surface area contributed by atoms with E-state index >= 15 is 0 Å². The summed E-state index contributed by atoms with van der Waals surface area (Å²) in [6, 6.07) is 3.62. The smallest absolute Gasteiger partial charge is 0.211 e. The van der Waals surface area contributed by atoms with Gasteiger partial charge < -0.3 is 0 Å². The van der Waals surface area contributed by atoms with Crippen molar-refractivity contribution in [3.05, 3.63) is 21.3 Å². The predicted octanol–water partition coefficient (Wildman–Crippen LogP) is 2.91. The van der Waals surface area contributed by atoms with E-state index in [-0.39, 0.29) is 4.66 Å². The summed E-state index contributed by atoms with van der Waals surface area (Å²) in [7, 11) is -3.19. The van der Waals surface area contributed by atoms with Crippen molar-refractivity contribution < 1.29 is 8.42 Å². The van der Waals surface area contributed by atoms with Crippen LogP contribution in [0, 0.1) is 0 Å². The van der Waals surface area contributed by atoms with Crippen LogP contribution in [-0.2, 0) is 16.6 Å². The van der Waals surface area contributed by atoms with Gasteiger partial charge in [0.15, 0.2) is 0 Å². The van der Waals surface area contributed by atoms with Crippen LogP contribution in [0.1, 0.15) is 11.8 Å². The summed E-state index contributed by atoms with van der Waals surface area (Å²) < 4.78 is 25.2. The molecular formula is C8H11BrClNO2S2. The Morgan fingerprint density at radius 3 is 2.60 bits per heavy atom. The normalized spacial score (nSPS) is 12.3. The quantitative estimate of drug-likeness (QED) is 0.778. The predicted molar refractivity (Wildman–Crippen MR) is 68.1 cm³/mol. The minimum Gasteiger partial charge on any atom is -0.211 e. The number of alkyl halides is 1. The van der Waals surface area contributed by atoms with Crippen LogP contribution in [-0.4, -0.2) is 23.9 Å². The molecule has 86 valence electrons. The van der Waals surface area contributed by atoms with Gasteiger partial charge in [0.2, 0.25) is 10.0 Å². The van der Waals surface area contributed by atoms with Gasteiger partial charge in [-0.1, -0.05) is 34.5 Å². The van der Waals surface area contributed by atoms with Gasteiger partial charge in [-0.2, -0.15) is 4.31 Å². The highest BCUT2D eigenvalue weighted by Crippen LogP contribution is 2.23. The third-order valence-corrected chi connectivity index (χ3v) is 6.25. The Labute approximate surface area is 107 Å². The fraction of sp³-hybridized carbons (Fsp3) is 0.500. The monoisotopic (exact) mass is 331 g/mol. The van der Waals surface area contributed by atoms with Crippen molar-refractivity contribution in [3.63, 3.8) is 0 Å².